The Morgan fingerprint density at radius 2 is 1.69 bits per heavy atom. The van der Waals surface area contributed by atoms with E-state index in [1.165, 1.54) is 32.1 Å². The van der Waals surface area contributed by atoms with Crippen molar-refractivity contribution in [2.24, 2.45) is 29.6 Å². The number of nitrogens with one attached hydrogen (secondary N) is 1. The molecule has 4 saturated carbocycles. The van der Waals surface area contributed by atoms with Crippen molar-refractivity contribution in [1.29, 1.82) is 0 Å². The first kappa shape index (κ1) is 10.2. The molecular weight excluding hydrogens is 198 g/mol. The molecule has 0 atom stereocenters. The van der Waals surface area contributed by atoms with Crippen molar-refractivity contribution in [2.75, 3.05) is 6.54 Å². The van der Waals surface area contributed by atoms with E-state index in [0.717, 1.165) is 11.8 Å². The van der Waals surface area contributed by atoms with E-state index in [-0.39, 0.29) is 11.8 Å². The Morgan fingerprint density at radius 3 is 2.19 bits per heavy atom. The van der Waals surface area contributed by atoms with E-state index in [0.29, 0.717) is 18.4 Å². The van der Waals surface area contributed by atoms with Gasteiger partial charge in [-0.25, -0.2) is 0 Å². The highest BCUT2D eigenvalue weighted by atomic mass is 16.1. The Kier molecular flexibility index (Phi) is 2.42. The molecule has 16 heavy (non-hydrogen) atoms. The highest BCUT2D eigenvalue weighted by molar-refractivity contribution is 5.79. The minimum absolute atomic E-state index is 0.228. The number of rotatable bonds is 2. The molecule has 2 heteroatoms. The van der Waals surface area contributed by atoms with Crippen LogP contribution in [0, 0.1) is 41.9 Å². The summed E-state index contributed by atoms with van der Waals surface area (Å²) in [7, 11) is 0. The first-order chi connectivity index (χ1) is 7.78. The summed E-state index contributed by atoms with van der Waals surface area (Å²) in [6.07, 6.45) is 11.8. The second-order valence-electron chi connectivity index (χ2n) is 5.88. The number of terminal acetylenes is 1. The molecule has 4 rings (SSSR count). The maximum absolute atomic E-state index is 12.1. The standard InChI is InChI=1S/C14H19NO/c1-2-3-15-14(16)13-11-5-9-4-10(7-11)8-12(13)6-9/h1,9-13H,3-8H2,(H,15,16). The van der Waals surface area contributed by atoms with Crippen molar-refractivity contribution in [3.63, 3.8) is 0 Å². The molecule has 0 aromatic carbocycles. The van der Waals surface area contributed by atoms with E-state index in [4.69, 9.17) is 6.42 Å². The maximum atomic E-state index is 12.1. The summed E-state index contributed by atoms with van der Waals surface area (Å²) in [6.45, 7) is 0.391. The van der Waals surface area contributed by atoms with Gasteiger partial charge in [0.1, 0.15) is 0 Å². The van der Waals surface area contributed by atoms with Gasteiger partial charge in [0, 0.05) is 5.92 Å². The minimum Gasteiger partial charge on any atom is -0.345 e. The fourth-order valence-electron chi connectivity index (χ4n) is 4.61. The molecule has 0 spiro atoms. The molecule has 1 amide bonds. The third-order valence-electron chi connectivity index (χ3n) is 4.89. The molecule has 4 aliphatic carbocycles. The Morgan fingerprint density at radius 1 is 1.12 bits per heavy atom. The van der Waals surface area contributed by atoms with Crippen LogP contribution in [0.2, 0.25) is 0 Å². The lowest BCUT2D eigenvalue weighted by Gasteiger charge is -2.53. The summed E-state index contributed by atoms with van der Waals surface area (Å²) in [5, 5.41) is 2.89. The first-order valence-corrected chi connectivity index (χ1v) is 6.49. The zero-order chi connectivity index (χ0) is 11.1. The van der Waals surface area contributed by atoms with Gasteiger partial charge in [0.2, 0.25) is 5.91 Å². The van der Waals surface area contributed by atoms with Gasteiger partial charge in [-0.15, -0.1) is 6.42 Å². The van der Waals surface area contributed by atoms with Crippen molar-refractivity contribution in [3.05, 3.63) is 0 Å². The van der Waals surface area contributed by atoms with Crippen LogP contribution in [-0.4, -0.2) is 12.5 Å². The topological polar surface area (TPSA) is 29.1 Å². The molecule has 4 fully saturated rings. The monoisotopic (exact) mass is 217 g/mol. The summed E-state index contributed by atoms with van der Waals surface area (Å²) >= 11 is 0. The highest BCUT2D eigenvalue weighted by Crippen LogP contribution is 2.56. The molecule has 2 nitrogen and oxygen atoms in total. The third-order valence-corrected chi connectivity index (χ3v) is 4.89. The fourth-order valence-corrected chi connectivity index (χ4v) is 4.61. The van der Waals surface area contributed by atoms with Gasteiger partial charge in [-0.1, -0.05) is 5.92 Å². The van der Waals surface area contributed by atoms with E-state index in [2.05, 4.69) is 11.2 Å². The lowest BCUT2D eigenvalue weighted by Crippen LogP contribution is -2.51. The molecule has 0 aliphatic heterocycles. The average Bonchev–Trinajstić information content (AvgIpc) is 2.24. The number of hydrogen-bond donors (Lipinski definition) is 1. The fraction of sp³-hybridized carbons (Fsp3) is 0.786. The molecule has 0 aromatic heterocycles. The van der Waals surface area contributed by atoms with Crippen molar-refractivity contribution in [3.8, 4) is 12.3 Å². The molecule has 0 saturated heterocycles. The zero-order valence-electron chi connectivity index (χ0n) is 9.61. The van der Waals surface area contributed by atoms with Gasteiger partial charge in [-0.3, -0.25) is 4.79 Å². The smallest absolute Gasteiger partial charge is 0.224 e. The number of carbonyl (C=O) groups is 1. The van der Waals surface area contributed by atoms with Crippen molar-refractivity contribution >= 4 is 5.91 Å². The predicted octanol–water partition coefficient (Wildman–Crippen LogP) is 1.81. The van der Waals surface area contributed by atoms with Crippen molar-refractivity contribution in [1.82, 2.24) is 5.32 Å². The van der Waals surface area contributed by atoms with Crippen LogP contribution in [-0.2, 0) is 4.79 Å². The first-order valence-electron chi connectivity index (χ1n) is 6.49. The van der Waals surface area contributed by atoms with E-state index < -0.39 is 0 Å². The molecule has 0 radical (unpaired) electrons. The van der Waals surface area contributed by atoms with Crippen LogP contribution in [0.25, 0.3) is 0 Å². The van der Waals surface area contributed by atoms with Gasteiger partial charge < -0.3 is 5.32 Å². The average molecular weight is 217 g/mol. The molecule has 0 aromatic rings. The Labute approximate surface area is 97.2 Å². The van der Waals surface area contributed by atoms with Crippen LogP contribution >= 0.6 is 0 Å². The molecule has 0 heterocycles. The van der Waals surface area contributed by atoms with Crippen LogP contribution in [0.15, 0.2) is 0 Å². The normalized spacial score (nSPS) is 44.1. The van der Waals surface area contributed by atoms with E-state index in [1.807, 2.05) is 0 Å². The van der Waals surface area contributed by atoms with Gasteiger partial charge in [0.05, 0.1) is 6.54 Å². The predicted molar refractivity (Wildman–Crippen MR) is 62.4 cm³/mol. The summed E-state index contributed by atoms with van der Waals surface area (Å²) < 4.78 is 0. The minimum atomic E-state index is 0.228. The van der Waals surface area contributed by atoms with E-state index in [1.54, 1.807) is 0 Å². The number of amides is 1. The zero-order valence-corrected chi connectivity index (χ0v) is 9.61. The molecule has 4 aliphatic rings. The second-order valence-corrected chi connectivity index (χ2v) is 5.88. The van der Waals surface area contributed by atoms with Crippen LogP contribution < -0.4 is 5.32 Å². The SMILES string of the molecule is C#CCNC(=O)C1C2CC3CC(C2)CC1C3. The second kappa shape index (κ2) is 3.80. The summed E-state index contributed by atoms with van der Waals surface area (Å²) in [5.74, 6) is 6.18. The van der Waals surface area contributed by atoms with Gasteiger partial charge in [-0.2, -0.15) is 0 Å². The van der Waals surface area contributed by atoms with Crippen LogP contribution in [0.1, 0.15) is 32.1 Å². The summed E-state index contributed by atoms with van der Waals surface area (Å²) in [4.78, 5) is 12.1. The number of carbonyl (C=O) groups excluding carboxylic acids is 1. The summed E-state index contributed by atoms with van der Waals surface area (Å²) in [5.41, 5.74) is 0. The van der Waals surface area contributed by atoms with Crippen LogP contribution in [0.5, 0.6) is 0 Å². The quantitative estimate of drug-likeness (QED) is 0.702. The molecular formula is C14H19NO. The molecule has 86 valence electrons. The number of hydrogen-bond acceptors (Lipinski definition) is 1. The van der Waals surface area contributed by atoms with E-state index >= 15 is 0 Å². The molecule has 0 unspecified atom stereocenters. The van der Waals surface area contributed by atoms with Gasteiger partial charge in [0.15, 0.2) is 0 Å². The maximum Gasteiger partial charge on any atom is 0.224 e. The van der Waals surface area contributed by atoms with Crippen LogP contribution in [0.3, 0.4) is 0 Å². The lowest BCUT2D eigenvalue weighted by atomic mass is 9.51. The van der Waals surface area contributed by atoms with Gasteiger partial charge in [-0.05, 0) is 55.8 Å². The van der Waals surface area contributed by atoms with Gasteiger partial charge in [0.25, 0.3) is 0 Å². The molecule has 4 bridgehead atoms. The lowest BCUT2D eigenvalue weighted by molar-refractivity contribution is -0.137. The van der Waals surface area contributed by atoms with Crippen LogP contribution in [0.4, 0.5) is 0 Å². The Bertz CT molecular complexity index is 313. The largest absolute Gasteiger partial charge is 0.345 e. The van der Waals surface area contributed by atoms with Gasteiger partial charge >= 0.3 is 0 Å². The van der Waals surface area contributed by atoms with Crippen molar-refractivity contribution < 1.29 is 4.79 Å². The Balaban J connectivity index is 1.72. The molecule has 1 N–H and O–H groups in total. The Hall–Kier alpha value is -0.970. The summed E-state index contributed by atoms with van der Waals surface area (Å²) in [6, 6.07) is 0. The van der Waals surface area contributed by atoms with E-state index in [9.17, 15) is 4.79 Å². The highest BCUT2D eigenvalue weighted by Gasteiger charge is 2.50. The van der Waals surface area contributed by atoms with Crippen molar-refractivity contribution in [2.45, 2.75) is 32.1 Å². The third kappa shape index (κ3) is 1.54.